The molecule has 0 bridgehead atoms. The van der Waals surface area contributed by atoms with Crippen LogP contribution in [0.4, 0.5) is 10.5 Å². The molecule has 1 aliphatic rings. The van der Waals surface area contributed by atoms with Gasteiger partial charge in [0.05, 0.1) is 5.69 Å². The van der Waals surface area contributed by atoms with Crippen LogP contribution in [0.3, 0.4) is 0 Å². The van der Waals surface area contributed by atoms with Gasteiger partial charge in [-0.25, -0.2) is 9.69 Å². The smallest absolute Gasteiger partial charge is 0.335 e. The summed E-state index contributed by atoms with van der Waals surface area (Å²) < 4.78 is 0. The summed E-state index contributed by atoms with van der Waals surface area (Å²) >= 11 is 0. The number of nitrogens with zero attached hydrogens (tertiary/aromatic N) is 1. The number of anilines is 1. The Bertz CT molecular complexity index is 911. The topological polar surface area (TPSA) is 86.7 Å². The van der Waals surface area contributed by atoms with E-state index in [4.69, 9.17) is 0 Å². The molecule has 4 amide bonds. The van der Waals surface area contributed by atoms with Gasteiger partial charge < -0.3 is 5.11 Å². The summed E-state index contributed by atoms with van der Waals surface area (Å²) in [4.78, 5) is 38.0. The predicted octanol–water partition coefficient (Wildman–Crippen LogP) is 2.68. The number of carbonyl (C=O) groups excluding carboxylic acids is 3. The molecule has 126 valence electrons. The molecular weight excluding hydrogens is 320 g/mol. The number of carbonyl (C=O) groups is 3. The van der Waals surface area contributed by atoms with Crippen LogP contribution >= 0.6 is 0 Å². The van der Waals surface area contributed by atoms with Crippen LogP contribution in [0.5, 0.6) is 5.75 Å². The molecule has 6 heteroatoms. The average molecular weight is 336 g/mol. The summed E-state index contributed by atoms with van der Waals surface area (Å²) in [5.41, 5.74) is 2.49. The second-order valence-electron chi connectivity index (χ2n) is 5.90. The van der Waals surface area contributed by atoms with Gasteiger partial charge in [0.25, 0.3) is 11.8 Å². The van der Waals surface area contributed by atoms with Crippen LogP contribution in [0.15, 0.2) is 48.0 Å². The first-order valence-electron chi connectivity index (χ1n) is 7.64. The van der Waals surface area contributed by atoms with Crippen LogP contribution in [0.1, 0.15) is 16.7 Å². The van der Waals surface area contributed by atoms with Crippen molar-refractivity contribution in [3.05, 3.63) is 64.7 Å². The molecule has 2 N–H and O–H groups in total. The maximum Gasteiger partial charge on any atom is 0.335 e. The van der Waals surface area contributed by atoms with Crippen LogP contribution in [-0.4, -0.2) is 23.0 Å². The van der Waals surface area contributed by atoms with Gasteiger partial charge in [0, 0.05) is 0 Å². The highest BCUT2D eigenvalue weighted by atomic mass is 16.3. The van der Waals surface area contributed by atoms with Crippen molar-refractivity contribution in [3.63, 3.8) is 0 Å². The molecule has 3 rings (SSSR count). The molecular formula is C19H16N2O4. The number of imide groups is 2. The Morgan fingerprint density at radius 3 is 2.32 bits per heavy atom. The first-order valence-corrected chi connectivity index (χ1v) is 7.64. The number of benzene rings is 2. The molecule has 1 fully saturated rings. The Labute approximate surface area is 144 Å². The fourth-order valence-corrected chi connectivity index (χ4v) is 2.75. The lowest BCUT2D eigenvalue weighted by atomic mass is 10.1. The first-order chi connectivity index (χ1) is 11.8. The van der Waals surface area contributed by atoms with Crippen LogP contribution in [0.2, 0.25) is 0 Å². The van der Waals surface area contributed by atoms with Crippen LogP contribution in [0.25, 0.3) is 6.08 Å². The number of amides is 4. The summed E-state index contributed by atoms with van der Waals surface area (Å²) in [7, 11) is 0. The molecule has 1 heterocycles. The fourth-order valence-electron chi connectivity index (χ4n) is 2.75. The lowest BCUT2D eigenvalue weighted by molar-refractivity contribution is -0.122. The van der Waals surface area contributed by atoms with Crippen molar-refractivity contribution in [2.24, 2.45) is 0 Å². The highest BCUT2D eigenvalue weighted by Gasteiger charge is 2.36. The molecule has 0 atom stereocenters. The Balaban J connectivity index is 2.05. The number of phenolic OH excluding ortho intramolecular Hbond substituents is 1. The summed E-state index contributed by atoms with van der Waals surface area (Å²) in [6, 6.07) is 10.7. The largest absolute Gasteiger partial charge is 0.508 e. The highest BCUT2D eigenvalue weighted by molar-refractivity contribution is 6.39. The molecule has 6 nitrogen and oxygen atoms in total. The van der Waals surface area contributed by atoms with Crippen molar-refractivity contribution < 1.29 is 19.5 Å². The minimum Gasteiger partial charge on any atom is -0.508 e. The van der Waals surface area contributed by atoms with E-state index in [0.29, 0.717) is 11.3 Å². The Morgan fingerprint density at radius 2 is 1.68 bits per heavy atom. The van der Waals surface area contributed by atoms with Gasteiger partial charge in [0.1, 0.15) is 11.3 Å². The van der Waals surface area contributed by atoms with E-state index in [-0.39, 0.29) is 11.3 Å². The van der Waals surface area contributed by atoms with Gasteiger partial charge in [-0.1, -0.05) is 18.2 Å². The second-order valence-corrected chi connectivity index (χ2v) is 5.90. The number of barbiturate groups is 1. The van der Waals surface area contributed by atoms with Crippen molar-refractivity contribution in [2.75, 3.05) is 4.90 Å². The molecule has 2 aromatic carbocycles. The van der Waals surface area contributed by atoms with Gasteiger partial charge in [-0.3, -0.25) is 14.9 Å². The third-order valence-electron chi connectivity index (χ3n) is 3.75. The van der Waals surface area contributed by atoms with E-state index in [2.05, 4.69) is 5.32 Å². The number of aromatic hydroxyl groups is 1. The van der Waals surface area contributed by atoms with Crippen molar-refractivity contribution >= 4 is 29.6 Å². The molecule has 0 spiro atoms. The van der Waals surface area contributed by atoms with E-state index in [1.165, 1.54) is 18.2 Å². The first kappa shape index (κ1) is 16.4. The third-order valence-corrected chi connectivity index (χ3v) is 3.75. The number of phenols is 1. The SMILES string of the molecule is Cc1cc(C)cc(N2C(=O)NC(=O)/C(=C\c3cccc(O)c3)C2=O)c1. The normalized spacial score (nSPS) is 16.3. The quantitative estimate of drug-likeness (QED) is 0.652. The van der Waals surface area contributed by atoms with Gasteiger partial charge in [-0.05, 0) is 60.9 Å². The molecule has 0 aliphatic carbocycles. The highest BCUT2D eigenvalue weighted by Crippen LogP contribution is 2.24. The second kappa shape index (κ2) is 6.24. The molecule has 1 aliphatic heterocycles. The third kappa shape index (κ3) is 3.28. The van der Waals surface area contributed by atoms with E-state index < -0.39 is 17.8 Å². The minimum atomic E-state index is -0.784. The predicted molar refractivity (Wildman–Crippen MR) is 93.0 cm³/mol. The molecule has 2 aromatic rings. The van der Waals surface area contributed by atoms with Crippen molar-refractivity contribution in [1.29, 1.82) is 0 Å². The van der Waals surface area contributed by atoms with E-state index in [1.54, 1.807) is 24.3 Å². The van der Waals surface area contributed by atoms with Crippen LogP contribution in [0, 0.1) is 13.8 Å². The number of aryl methyl sites for hydroxylation is 2. The summed E-state index contributed by atoms with van der Waals surface area (Å²) in [6.45, 7) is 3.72. The standard InChI is InChI=1S/C19H16N2O4/c1-11-6-12(2)8-14(7-11)21-18(24)16(17(23)20-19(21)25)10-13-4-3-5-15(22)9-13/h3-10,22H,1-2H3,(H,20,23,25)/b16-10+. The van der Waals surface area contributed by atoms with Crippen LogP contribution < -0.4 is 10.2 Å². The van der Waals surface area contributed by atoms with Gasteiger partial charge in [-0.2, -0.15) is 0 Å². The van der Waals surface area contributed by atoms with E-state index >= 15 is 0 Å². The van der Waals surface area contributed by atoms with Crippen molar-refractivity contribution in [2.45, 2.75) is 13.8 Å². The summed E-state index contributed by atoms with van der Waals surface area (Å²) in [6.07, 6.45) is 1.35. The zero-order valence-corrected chi connectivity index (χ0v) is 13.7. The Hall–Kier alpha value is -3.41. The molecule has 25 heavy (non-hydrogen) atoms. The maximum atomic E-state index is 12.8. The summed E-state index contributed by atoms with van der Waals surface area (Å²) in [5.74, 6) is -1.46. The molecule has 0 aromatic heterocycles. The zero-order chi connectivity index (χ0) is 18.1. The monoisotopic (exact) mass is 336 g/mol. The van der Waals surface area contributed by atoms with E-state index in [0.717, 1.165) is 16.0 Å². The Morgan fingerprint density at radius 1 is 1.00 bits per heavy atom. The number of hydrogen-bond acceptors (Lipinski definition) is 4. The average Bonchev–Trinajstić information content (AvgIpc) is 2.50. The Kier molecular flexibility index (Phi) is 4.10. The molecule has 0 radical (unpaired) electrons. The minimum absolute atomic E-state index is 0.0141. The molecule has 0 saturated carbocycles. The maximum absolute atomic E-state index is 12.8. The number of rotatable bonds is 2. The van der Waals surface area contributed by atoms with E-state index in [9.17, 15) is 19.5 Å². The van der Waals surface area contributed by atoms with Gasteiger partial charge >= 0.3 is 6.03 Å². The van der Waals surface area contributed by atoms with E-state index in [1.807, 2.05) is 19.9 Å². The summed E-state index contributed by atoms with van der Waals surface area (Å²) in [5, 5.41) is 11.7. The number of nitrogens with one attached hydrogen (secondary N) is 1. The fraction of sp³-hybridized carbons (Fsp3) is 0.105. The van der Waals surface area contributed by atoms with Gasteiger partial charge in [0.2, 0.25) is 0 Å². The lowest BCUT2D eigenvalue weighted by Crippen LogP contribution is -2.54. The van der Waals surface area contributed by atoms with Crippen LogP contribution in [-0.2, 0) is 9.59 Å². The molecule has 1 saturated heterocycles. The van der Waals surface area contributed by atoms with Crippen molar-refractivity contribution in [1.82, 2.24) is 5.32 Å². The lowest BCUT2D eigenvalue weighted by Gasteiger charge is -2.27. The molecule has 0 unspecified atom stereocenters. The zero-order valence-electron chi connectivity index (χ0n) is 13.7. The van der Waals surface area contributed by atoms with Gasteiger partial charge in [0.15, 0.2) is 0 Å². The number of urea groups is 1. The number of hydrogen-bond donors (Lipinski definition) is 2. The van der Waals surface area contributed by atoms with Crippen molar-refractivity contribution in [3.8, 4) is 5.75 Å². The van der Waals surface area contributed by atoms with Gasteiger partial charge in [-0.15, -0.1) is 0 Å².